The molecule has 1 heterocycles. The number of rotatable bonds is 4. The first-order valence-corrected chi connectivity index (χ1v) is 6.50. The molecule has 17 heavy (non-hydrogen) atoms. The van der Waals surface area contributed by atoms with E-state index in [0.717, 1.165) is 24.5 Å². The maximum atomic E-state index is 5.84. The predicted molar refractivity (Wildman–Crippen MR) is 70.0 cm³/mol. The van der Waals surface area contributed by atoms with Gasteiger partial charge in [-0.1, -0.05) is 13.3 Å². The van der Waals surface area contributed by atoms with Crippen LogP contribution in [0.15, 0.2) is 12.4 Å². The van der Waals surface area contributed by atoms with Crippen molar-refractivity contribution in [2.45, 2.75) is 38.6 Å². The number of hydrogen-bond donors (Lipinski definition) is 1. The van der Waals surface area contributed by atoms with Gasteiger partial charge in [-0.25, -0.2) is 9.97 Å². The van der Waals surface area contributed by atoms with Crippen LogP contribution >= 0.6 is 0 Å². The summed E-state index contributed by atoms with van der Waals surface area (Å²) in [5.41, 5.74) is 6.94. The van der Waals surface area contributed by atoms with Crippen LogP contribution in [0.4, 0.5) is 5.82 Å². The van der Waals surface area contributed by atoms with Crippen molar-refractivity contribution < 1.29 is 0 Å². The number of anilines is 1. The molecule has 0 aromatic carbocycles. The zero-order chi connectivity index (χ0) is 12.3. The smallest absolute Gasteiger partial charge is 0.132 e. The van der Waals surface area contributed by atoms with Gasteiger partial charge in [-0.05, 0) is 31.7 Å². The average molecular weight is 234 g/mol. The third kappa shape index (κ3) is 2.57. The van der Waals surface area contributed by atoms with Crippen LogP contribution in [0.2, 0.25) is 0 Å². The molecule has 2 atom stereocenters. The second kappa shape index (κ2) is 5.45. The molecule has 0 spiro atoms. The quantitative estimate of drug-likeness (QED) is 0.860. The van der Waals surface area contributed by atoms with Crippen molar-refractivity contribution in [2.75, 3.05) is 18.5 Å². The lowest BCUT2D eigenvalue weighted by Crippen LogP contribution is -2.38. The Hall–Kier alpha value is -1.16. The van der Waals surface area contributed by atoms with Gasteiger partial charge in [-0.2, -0.15) is 0 Å². The lowest BCUT2D eigenvalue weighted by molar-refractivity contribution is 0.472. The van der Waals surface area contributed by atoms with Gasteiger partial charge in [0.1, 0.15) is 12.1 Å². The Morgan fingerprint density at radius 1 is 1.41 bits per heavy atom. The molecule has 1 aromatic heterocycles. The average Bonchev–Trinajstić information content (AvgIpc) is 2.86. The molecular formula is C13H22N4. The van der Waals surface area contributed by atoms with Crippen LogP contribution in [0, 0.1) is 5.92 Å². The van der Waals surface area contributed by atoms with Gasteiger partial charge < -0.3 is 10.6 Å². The first kappa shape index (κ1) is 12.3. The second-order valence-electron chi connectivity index (χ2n) is 4.83. The molecule has 0 bridgehead atoms. The summed E-state index contributed by atoms with van der Waals surface area (Å²) in [5, 5.41) is 0. The van der Waals surface area contributed by atoms with E-state index in [9.17, 15) is 0 Å². The molecule has 1 fully saturated rings. The van der Waals surface area contributed by atoms with Crippen LogP contribution in [0.5, 0.6) is 0 Å². The fourth-order valence-electron chi connectivity index (χ4n) is 2.74. The van der Waals surface area contributed by atoms with E-state index >= 15 is 0 Å². The molecule has 94 valence electrons. The molecule has 2 rings (SSSR count). The van der Waals surface area contributed by atoms with Crippen LogP contribution < -0.4 is 10.6 Å². The maximum absolute atomic E-state index is 5.84. The molecule has 0 radical (unpaired) electrons. The van der Waals surface area contributed by atoms with E-state index in [2.05, 4.69) is 34.9 Å². The van der Waals surface area contributed by atoms with Gasteiger partial charge in [0.15, 0.2) is 0 Å². The largest absolute Gasteiger partial charge is 0.356 e. The minimum absolute atomic E-state index is 0.541. The molecular weight excluding hydrogens is 212 g/mol. The van der Waals surface area contributed by atoms with Gasteiger partial charge in [0.2, 0.25) is 0 Å². The van der Waals surface area contributed by atoms with Crippen molar-refractivity contribution in [1.82, 2.24) is 9.97 Å². The van der Waals surface area contributed by atoms with Gasteiger partial charge in [0, 0.05) is 24.8 Å². The molecule has 2 unspecified atom stereocenters. The van der Waals surface area contributed by atoms with Gasteiger partial charge in [-0.3, -0.25) is 0 Å². The lowest BCUT2D eigenvalue weighted by atomic mass is 10.0. The predicted octanol–water partition coefficient (Wildman–Crippen LogP) is 1.60. The first-order chi connectivity index (χ1) is 8.26. The third-order valence-corrected chi connectivity index (χ3v) is 3.85. The highest BCUT2D eigenvalue weighted by Crippen LogP contribution is 2.30. The summed E-state index contributed by atoms with van der Waals surface area (Å²) in [6.07, 6.45) is 6.37. The van der Waals surface area contributed by atoms with Crippen LogP contribution in [0.1, 0.15) is 31.9 Å². The molecule has 2 N–H and O–H groups in total. The number of nitrogens with two attached hydrogens (primary N) is 1. The molecule has 0 saturated heterocycles. The minimum Gasteiger partial charge on any atom is -0.356 e. The van der Waals surface area contributed by atoms with Crippen LogP contribution in [-0.2, 0) is 6.42 Å². The van der Waals surface area contributed by atoms with E-state index in [-0.39, 0.29) is 0 Å². The van der Waals surface area contributed by atoms with E-state index in [1.807, 2.05) is 0 Å². The third-order valence-electron chi connectivity index (χ3n) is 3.85. The normalized spacial score (nSPS) is 23.9. The molecule has 4 heteroatoms. The van der Waals surface area contributed by atoms with E-state index < -0.39 is 0 Å². The van der Waals surface area contributed by atoms with Crippen LogP contribution in [-0.4, -0.2) is 29.6 Å². The fourth-order valence-corrected chi connectivity index (χ4v) is 2.74. The zero-order valence-electron chi connectivity index (χ0n) is 10.8. The van der Waals surface area contributed by atoms with E-state index in [4.69, 9.17) is 5.73 Å². The summed E-state index contributed by atoms with van der Waals surface area (Å²) in [6, 6.07) is 2.63. The summed E-state index contributed by atoms with van der Waals surface area (Å²) >= 11 is 0. The van der Waals surface area contributed by atoms with E-state index in [1.54, 1.807) is 6.33 Å². The van der Waals surface area contributed by atoms with Crippen LogP contribution in [0.3, 0.4) is 0 Å². The second-order valence-corrected chi connectivity index (χ2v) is 4.83. The molecule has 1 aliphatic rings. The van der Waals surface area contributed by atoms with Gasteiger partial charge in [0.25, 0.3) is 0 Å². The molecule has 1 saturated carbocycles. The van der Waals surface area contributed by atoms with Crippen molar-refractivity contribution in [1.29, 1.82) is 0 Å². The molecule has 1 aliphatic carbocycles. The monoisotopic (exact) mass is 234 g/mol. The molecule has 4 nitrogen and oxygen atoms in total. The van der Waals surface area contributed by atoms with Crippen LogP contribution in [0.25, 0.3) is 0 Å². The summed E-state index contributed by atoms with van der Waals surface area (Å²) in [6.45, 7) is 2.89. The summed E-state index contributed by atoms with van der Waals surface area (Å²) in [5.74, 6) is 1.64. The number of hydrogen-bond acceptors (Lipinski definition) is 4. The van der Waals surface area contributed by atoms with Crippen molar-refractivity contribution in [2.24, 2.45) is 11.7 Å². The highest BCUT2D eigenvalue weighted by molar-refractivity contribution is 5.39. The Bertz CT molecular complexity index is 366. The summed E-state index contributed by atoms with van der Waals surface area (Å²) < 4.78 is 0. The lowest BCUT2D eigenvalue weighted by Gasteiger charge is -2.30. The Morgan fingerprint density at radius 3 is 2.94 bits per heavy atom. The van der Waals surface area contributed by atoms with Crippen molar-refractivity contribution in [3.63, 3.8) is 0 Å². The number of aromatic nitrogens is 2. The van der Waals surface area contributed by atoms with Crippen molar-refractivity contribution in [3.8, 4) is 0 Å². The van der Waals surface area contributed by atoms with Gasteiger partial charge >= 0.3 is 0 Å². The molecule has 0 amide bonds. The Balaban J connectivity index is 2.15. The number of nitrogens with zero attached hydrogens (tertiary/aromatic N) is 3. The Morgan fingerprint density at radius 2 is 2.24 bits per heavy atom. The van der Waals surface area contributed by atoms with Crippen molar-refractivity contribution >= 4 is 5.82 Å². The highest BCUT2D eigenvalue weighted by Gasteiger charge is 2.29. The van der Waals surface area contributed by atoms with Gasteiger partial charge in [0.05, 0.1) is 0 Å². The standard InChI is InChI=1S/C13H22N4/c1-3-11-7-13(16-9-15-11)17(2)12-6-4-5-10(12)8-14/h7,9-10,12H,3-6,8,14H2,1-2H3. The minimum atomic E-state index is 0.541. The first-order valence-electron chi connectivity index (χ1n) is 6.50. The SMILES string of the molecule is CCc1cc(N(C)C2CCCC2CN)ncn1. The maximum Gasteiger partial charge on any atom is 0.132 e. The highest BCUT2D eigenvalue weighted by atomic mass is 15.2. The molecule has 0 aliphatic heterocycles. The summed E-state index contributed by atoms with van der Waals surface area (Å²) in [4.78, 5) is 10.9. The van der Waals surface area contributed by atoms with E-state index in [0.29, 0.717) is 12.0 Å². The number of aryl methyl sites for hydroxylation is 1. The topological polar surface area (TPSA) is 55.0 Å². The van der Waals surface area contributed by atoms with Crippen molar-refractivity contribution in [3.05, 3.63) is 18.1 Å². The fraction of sp³-hybridized carbons (Fsp3) is 0.692. The summed E-state index contributed by atoms with van der Waals surface area (Å²) in [7, 11) is 2.13. The van der Waals surface area contributed by atoms with E-state index in [1.165, 1.54) is 19.3 Å². The zero-order valence-corrected chi connectivity index (χ0v) is 10.8. The Kier molecular flexibility index (Phi) is 3.94. The Labute approximate surface area is 103 Å². The van der Waals surface area contributed by atoms with Gasteiger partial charge in [-0.15, -0.1) is 0 Å². The molecule has 1 aromatic rings.